The van der Waals surface area contributed by atoms with E-state index in [-0.39, 0.29) is 35.8 Å². The normalized spacial score (nSPS) is 51.5. The molecule has 5 saturated carbocycles. The summed E-state index contributed by atoms with van der Waals surface area (Å²) >= 11 is 0. The summed E-state index contributed by atoms with van der Waals surface area (Å²) in [4.78, 5) is 14.9. The molecule has 5 aliphatic carbocycles. The maximum atomic E-state index is 13.1. The molecule has 4 bridgehead atoms. The van der Waals surface area contributed by atoms with Crippen molar-refractivity contribution in [1.29, 1.82) is 5.26 Å². The van der Waals surface area contributed by atoms with Gasteiger partial charge >= 0.3 is 0 Å². The predicted octanol–water partition coefficient (Wildman–Crippen LogP) is 1.58. The topological polar surface area (TPSA) is 90.4 Å². The SMILES string of the molecule is Cl.N#C[C@@H]1C[C@@H]2C[C@@H]2N1C(=O)[C@@H](N)C12CC3CC(CC(O)(C3)C1)C2. The quantitative estimate of drug-likeness (QED) is 0.790. The Labute approximate surface area is 149 Å². The molecular formula is C18H26ClN3O2. The Hall–Kier alpha value is -0.830. The average molecular weight is 352 g/mol. The minimum Gasteiger partial charge on any atom is -0.390 e. The van der Waals surface area contributed by atoms with E-state index in [2.05, 4.69) is 6.07 Å². The van der Waals surface area contributed by atoms with Crippen molar-refractivity contribution >= 4 is 18.3 Å². The summed E-state index contributed by atoms with van der Waals surface area (Å²) in [6.45, 7) is 0. The van der Waals surface area contributed by atoms with Gasteiger partial charge in [0, 0.05) is 6.04 Å². The second-order valence-corrected chi connectivity index (χ2v) is 9.21. The lowest BCUT2D eigenvalue weighted by atomic mass is 9.46. The first-order valence-corrected chi connectivity index (χ1v) is 9.13. The van der Waals surface area contributed by atoms with Gasteiger partial charge in [-0.1, -0.05) is 0 Å². The number of aliphatic hydroxyl groups is 1. The number of carbonyl (C=O) groups excluding carboxylic acids is 1. The van der Waals surface area contributed by atoms with Crippen LogP contribution in [0.4, 0.5) is 0 Å². The summed E-state index contributed by atoms with van der Waals surface area (Å²) < 4.78 is 0. The first kappa shape index (κ1) is 16.6. The first-order valence-electron chi connectivity index (χ1n) is 9.13. The number of nitrogens with zero attached hydrogens (tertiary/aromatic N) is 2. The van der Waals surface area contributed by atoms with Gasteiger partial charge in [-0.05, 0) is 74.5 Å². The van der Waals surface area contributed by atoms with Crippen molar-refractivity contribution in [1.82, 2.24) is 4.90 Å². The largest absolute Gasteiger partial charge is 0.390 e. The predicted molar refractivity (Wildman–Crippen MR) is 90.0 cm³/mol. The fourth-order valence-electron chi connectivity index (χ4n) is 6.96. The number of piperidine rings is 1. The van der Waals surface area contributed by atoms with Gasteiger partial charge in [0.05, 0.1) is 17.7 Å². The molecule has 132 valence electrons. The Kier molecular flexibility index (Phi) is 3.53. The Bertz CT molecular complexity index is 604. The number of likely N-dealkylation sites (tertiary alicyclic amines) is 1. The van der Waals surface area contributed by atoms with E-state index in [0.29, 0.717) is 24.2 Å². The summed E-state index contributed by atoms with van der Waals surface area (Å²) in [5, 5.41) is 20.2. The van der Waals surface area contributed by atoms with Crippen LogP contribution in [0.1, 0.15) is 51.4 Å². The molecule has 6 rings (SSSR count). The Morgan fingerprint density at radius 3 is 2.46 bits per heavy atom. The molecule has 1 amide bonds. The molecule has 0 radical (unpaired) electrons. The molecule has 2 unspecified atom stereocenters. The van der Waals surface area contributed by atoms with Crippen LogP contribution in [0.5, 0.6) is 0 Å². The van der Waals surface area contributed by atoms with Crippen LogP contribution in [0.15, 0.2) is 0 Å². The van der Waals surface area contributed by atoms with E-state index in [1.807, 2.05) is 0 Å². The number of hydrogen-bond acceptors (Lipinski definition) is 4. The number of carbonyl (C=O) groups is 1. The third-order valence-corrected chi connectivity index (χ3v) is 7.51. The fourth-order valence-corrected chi connectivity index (χ4v) is 6.96. The average Bonchev–Trinajstić information content (AvgIpc) is 3.14. The van der Waals surface area contributed by atoms with E-state index < -0.39 is 11.6 Å². The molecule has 0 spiro atoms. The monoisotopic (exact) mass is 351 g/mol. The van der Waals surface area contributed by atoms with Crippen molar-refractivity contribution in [3.05, 3.63) is 0 Å². The van der Waals surface area contributed by atoms with Crippen LogP contribution < -0.4 is 5.73 Å². The lowest BCUT2D eigenvalue weighted by Gasteiger charge is -2.61. The number of nitrogens with two attached hydrogens (primary N) is 1. The molecule has 1 aliphatic heterocycles. The van der Waals surface area contributed by atoms with Crippen LogP contribution in [0.3, 0.4) is 0 Å². The van der Waals surface area contributed by atoms with Gasteiger partial charge in [0.1, 0.15) is 6.04 Å². The number of halogens is 1. The summed E-state index contributed by atoms with van der Waals surface area (Å²) in [6, 6.07) is 1.72. The van der Waals surface area contributed by atoms with Crippen LogP contribution in [0, 0.1) is 34.5 Å². The van der Waals surface area contributed by atoms with Crippen molar-refractivity contribution in [2.45, 2.75) is 75.1 Å². The fraction of sp³-hybridized carbons (Fsp3) is 0.889. The highest BCUT2D eigenvalue weighted by Gasteiger charge is 2.62. The van der Waals surface area contributed by atoms with Crippen LogP contribution in [-0.4, -0.2) is 39.6 Å². The molecule has 0 aromatic rings. The van der Waals surface area contributed by atoms with Crippen molar-refractivity contribution < 1.29 is 9.90 Å². The van der Waals surface area contributed by atoms with Crippen molar-refractivity contribution in [3.8, 4) is 6.07 Å². The summed E-state index contributed by atoms with van der Waals surface area (Å²) in [7, 11) is 0. The molecule has 3 N–H and O–H groups in total. The number of nitriles is 1. The highest BCUT2D eigenvalue weighted by molar-refractivity contribution is 5.85. The van der Waals surface area contributed by atoms with E-state index in [1.165, 1.54) is 6.42 Å². The zero-order chi connectivity index (χ0) is 16.0. The lowest BCUT2D eigenvalue weighted by molar-refractivity contribution is -0.177. The lowest BCUT2D eigenvalue weighted by Crippen LogP contribution is -2.64. The van der Waals surface area contributed by atoms with Gasteiger partial charge in [0.15, 0.2) is 0 Å². The maximum absolute atomic E-state index is 13.1. The van der Waals surface area contributed by atoms with Gasteiger partial charge in [-0.25, -0.2) is 0 Å². The maximum Gasteiger partial charge on any atom is 0.241 e. The Morgan fingerprint density at radius 1 is 1.21 bits per heavy atom. The third kappa shape index (κ3) is 2.16. The van der Waals surface area contributed by atoms with E-state index in [9.17, 15) is 15.2 Å². The minimum absolute atomic E-state index is 0. The van der Waals surface area contributed by atoms with Gasteiger partial charge in [-0.2, -0.15) is 5.26 Å². The molecule has 6 atom stereocenters. The number of fused-ring (bicyclic) bond motifs is 1. The van der Waals surface area contributed by atoms with E-state index in [0.717, 1.165) is 38.5 Å². The Balaban J connectivity index is 0.00000146. The third-order valence-electron chi connectivity index (χ3n) is 7.51. The zero-order valence-electron chi connectivity index (χ0n) is 13.9. The van der Waals surface area contributed by atoms with Crippen molar-refractivity contribution in [2.24, 2.45) is 28.9 Å². The molecule has 0 aromatic carbocycles. The summed E-state index contributed by atoms with van der Waals surface area (Å²) in [5.41, 5.74) is 5.71. The first-order chi connectivity index (χ1) is 10.9. The van der Waals surface area contributed by atoms with Gasteiger partial charge in [-0.15, -0.1) is 12.4 Å². The van der Waals surface area contributed by atoms with Crippen LogP contribution in [0.25, 0.3) is 0 Å². The highest BCUT2D eigenvalue weighted by Crippen LogP contribution is 2.63. The van der Waals surface area contributed by atoms with Crippen molar-refractivity contribution in [2.75, 3.05) is 0 Å². The van der Waals surface area contributed by atoms with Gasteiger partial charge < -0.3 is 15.7 Å². The molecule has 1 saturated heterocycles. The van der Waals surface area contributed by atoms with Crippen LogP contribution in [0.2, 0.25) is 0 Å². The molecule has 1 heterocycles. The number of rotatable bonds is 2. The zero-order valence-corrected chi connectivity index (χ0v) is 14.7. The molecule has 0 aromatic heterocycles. The molecular weight excluding hydrogens is 326 g/mol. The van der Waals surface area contributed by atoms with Gasteiger partial charge in [0.2, 0.25) is 5.91 Å². The second kappa shape index (κ2) is 5.09. The van der Waals surface area contributed by atoms with Gasteiger partial charge in [0.25, 0.3) is 0 Å². The molecule has 24 heavy (non-hydrogen) atoms. The van der Waals surface area contributed by atoms with Gasteiger partial charge in [-0.3, -0.25) is 4.79 Å². The van der Waals surface area contributed by atoms with E-state index in [1.54, 1.807) is 4.90 Å². The smallest absolute Gasteiger partial charge is 0.241 e. The van der Waals surface area contributed by atoms with Crippen LogP contribution >= 0.6 is 12.4 Å². The summed E-state index contributed by atoms with van der Waals surface area (Å²) in [5.74, 6) is 1.56. The minimum atomic E-state index is -0.594. The summed E-state index contributed by atoms with van der Waals surface area (Å²) in [6.07, 6.45) is 7.48. The van der Waals surface area contributed by atoms with E-state index >= 15 is 0 Å². The number of hydrogen-bond donors (Lipinski definition) is 2. The second-order valence-electron chi connectivity index (χ2n) is 9.21. The standard InChI is InChI=1S/C18H25N3O2.ClH/c19-8-13-2-12-3-14(12)21(13)16(22)15(20)17-4-10-1-11(5-17)7-18(23,6-10)9-17;/h10-15,23H,1-7,9,20H2;1H/t10?,11?,12-,13+,14+,15-,17?,18?;/m1./s1. The Morgan fingerprint density at radius 2 is 1.88 bits per heavy atom. The molecule has 6 fully saturated rings. The molecule has 6 heteroatoms. The molecule has 6 aliphatic rings. The highest BCUT2D eigenvalue weighted by atomic mass is 35.5. The number of amides is 1. The molecule has 5 nitrogen and oxygen atoms in total. The van der Waals surface area contributed by atoms with Crippen molar-refractivity contribution in [3.63, 3.8) is 0 Å². The van der Waals surface area contributed by atoms with E-state index in [4.69, 9.17) is 5.73 Å². The van der Waals surface area contributed by atoms with Crippen LogP contribution in [-0.2, 0) is 4.79 Å².